The van der Waals surface area contributed by atoms with E-state index in [4.69, 9.17) is 10.6 Å². The zero-order chi connectivity index (χ0) is 11.1. The smallest absolute Gasteiger partial charge is 0.208 e. The fourth-order valence-electron chi connectivity index (χ4n) is 1.67. The average Bonchev–Trinajstić information content (AvgIpc) is 2.71. The molecule has 3 N–H and O–H groups in total. The molecule has 0 aromatic rings. The van der Waals surface area contributed by atoms with Gasteiger partial charge in [0.1, 0.15) is 0 Å². The maximum absolute atomic E-state index is 5.56. The molecule has 1 saturated heterocycles. The number of ether oxygens (including phenoxy) is 1. The molecule has 0 spiro atoms. The van der Waals surface area contributed by atoms with Crippen LogP contribution in [-0.4, -0.2) is 43.7 Å². The van der Waals surface area contributed by atoms with Crippen molar-refractivity contribution >= 4 is 5.96 Å². The van der Waals surface area contributed by atoms with Crippen LogP contribution in [-0.2, 0) is 4.74 Å². The summed E-state index contributed by atoms with van der Waals surface area (Å²) >= 11 is 0. The molecule has 5 heteroatoms. The Kier molecular flexibility index (Phi) is 5.42. The van der Waals surface area contributed by atoms with Crippen LogP contribution in [0, 0.1) is 0 Å². The van der Waals surface area contributed by atoms with Crippen molar-refractivity contribution < 1.29 is 4.74 Å². The van der Waals surface area contributed by atoms with Crippen LogP contribution in [0.1, 0.15) is 26.2 Å². The van der Waals surface area contributed by atoms with Crippen molar-refractivity contribution in [3.63, 3.8) is 0 Å². The van der Waals surface area contributed by atoms with E-state index in [2.05, 4.69) is 17.3 Å². The van der Waals surface area contributed by atoms with Gasteiger partial charge in [-0.05, 0) is 19.3 Å². The average molecular weight is 214 g/mol. The van der Waals surface area contributed by atoms with E-state index >= 15 is 0 Å². The normalized spacial score (nSPS) is 21.8. The number of nitrogens with zero attached hydrogens (tertiary/aromatic N) is 2. The molecule has 88 valence electrons. The summed E-state index contributed by atoms with van der Waals surface area (Å²) in [6.07, 6.45) is 3.65. The molecule has 0 saturated carbocycles. The van der Waals surface area contributed by atoms with Gasteiger partial charge in [-0.1, -0.05) is 6.92 Å². The molecule has 1 unspecified atom stereocenters. The van der Waals surface area contributed by atoms with Gasteiger partial charge < -0.3 is 9.64 Å². The highest BCUT2D eigenvalue weighted by atomic mass is 16.5. The third kappa shape index (κ3) is 4.05. The maximum Gasteiger partial charge on any atom is 0.208 e. The number of hydrogen-bond acceptors (Lipinski definition) is 3. The van der Waals surface area contributed by atoms with Gasteiger partial charge in [-0.25, -0.2) is 5.84 Å². The van der Waals surface area contributed by atoms with Crippen LogP contribution in [0.4, 0.5) is 0 Å². The van der Waals surface area contributed by atoms with Gasteiger partial charge in [-0.2, -0.15) is 0 Å². The van der Waals surface area contributed by atoms with Crippen LogP contribution in [0.15, 0.2) is 4.99 Å². The van der Waals surface area contributed by atoms with Crippen molar-refractivity contribution in [2.75, 3.05) is 26.7 Å². The Morgan fingerprint density at radius 2 is 2.47 bits per heavy atom. The molecule has 1 aliphatic rings. The third-order valence-corrected chi connectivity index (χ3v) is 2.48. The molecule has 0 aromatic carbocycles. The number of hydrogen-bond donors (Lipinski definition) is 2. The number of nitrogens with one attached hydrogen (secondary N) is 1. The summed E-state index contributed by atoms with van der Waals surface area (Å²) < 4.78 is 5.56. The summed E-state index contributed by atoms with van der Waals surface area (Å²) in [5.41, 5.74) is 2.63. The summed E-state index contributed by atoms with van der Waals surface area (Å²) in [7, 11) is 1.98. The standard InChI is InChI=1S/C10H22N4O/c1-3-6-12-10(13-11)14(2)8-9-5-4-7-15-9/h9H,3-8,11H2,1-2H3,(H,12,13). The van der Waals surface area contributed by atoms with E-state index in [-0.39, 0.29) is 0 Å². The number of likely N-dealkylation sites (N-methyl/N-ethyl adjacent to an activating group) is 1. The lowest BCUT2D eigenvalue weighted by Gasteiger charge is -2.23. The van der Waals surface area contributed by atoms with Gasteiger partial charge in [0.15, 0.2) is 0 Å². The topological polar surface area (TPSA) is 62.9 Å². The van der Waals surface area contributed by atoms with E-state index in [9.17, 15) is 0 Å². The van der Waals surface area contributed by atoms with Crippen LogP contribution in [0.25, 0.3) is 0 Å². The Labute approximate surface area is 91.6 Å². The minimum atomic E-state index is 0.329. The van der Waals surface area contributed by atoms with Crippen molar-refractivity contribution in [3.05, 3.63) is 0 Å². The molecule has 1 rings (SSSR count). The van der Waals surface area contributed by atoms with Crippen molar-refractivity contribution in [3.8, 4) is 0 Å². The van der Waals surface area contributed by atoms with Crippen LogP contribution >= 0.6 is 0 Å². The Bertz CT molecular complexity index is 202. The first-order valence-corrected chi connectivity index (χ1v) is 5.61. The summed E-state index contributed by atoms with van der Waals surface area (Å²) in [5, 5.41) is 0. The van der Waals surface area contributed by atoms with E-state index in [0.29, 0.717) is 6.10 Å². The van der Waals surface area contributed by atoms with E-state index < -0.39 is 0 Å². The third-order valence-electron chi connectivity index (χ3n) is 2.48. The zero-order valence-electron chi connectivity index (χ0n) is 9.70. The first-order valence-electron chi connectivity index (χ1n) is 5.61. The van der Waals surface area contributed by atoms with E-state index in [1.165, 1.54) is 0 Å². The van der Waals surface area contributed by atoms with Crippen LogP contribution in [0.5, 0.6) is 0 Å². The summed E-state index contributed by atoms with van der Waals surface area (Å²) in [6, 6.07) is 0. The van der Waals surface area contributed by atoms with Gasteiger partial charge in [-0.3, -0.25) is 10.4 Å². The van der Waals surface area contributed by atoms with Gasteiger partial charge in [0.25, 0.3) is 0 Å². The second kappa shape index (κ2) is 6.63. The van der Waals surface area contributed by atoms with E-state index in [1.807, 2.05) is 11.9 Å². The Hall–Kier alpha value is -0.810. The molecule has 5 nitrogen and oxygen atoms in total. The number of rotatable bonds is 4. The quantitative estimate of drug-likeness (QED) is 0.306. The summed E-state index contributed by atoms with van der Waals surface area (Å²) in [6.45, 7) is 4.63. The SMILES string of the molecule is CCCN=C(NN)N(C)CC1CCCO1. The molecule has 0 aromatic heterocycles. The fourth-order valence-corrected chi connectivity index (χ4v) is 1.67. The highest BCUT2D eigenvalue weighted by Gasteiger charge is 2.18. The molecule has 0 amide bonds. The Morgan fingerprint density at radius 1 is 1.67 bits per heavy atom. The zero-order valence-corrected chi connectivity index (χ0v) is 9.70. The molecule has 1 aliphatic heterocycles. The molecule has 1 fully saturated rings. The minimum absolute atomic E-state index is 0.329. The number of nitrogens with two attached hydrogens (primary N) is 1. The molecule has 1 atom stereocenters. The van der Waals surface area contributed by atoms with Gasteiger partial charge in [-0.15, -0.1) is 0 Å². The molecule has 0 radical (unpaired) electrons. The largest absolute Gasteiger partial charge is 0.376 e. The predicted octanol–water partition coefficient (Wildman–Crippen LogP) is 0.327. The van der Waals surface area contributed by atoms with Crippen LogP contribution < -0.4 is 11.3 Å². The van der Waals surface area contributed by atoms with Crippen LogP contribution in [0.3, 0.4) is 0 Å². The van der Waals surface area contributed by atoms with E-state index in [0.717, 1.165) is 44.9 Å². The molecular weight excluding hydrogens is 192 g/mol. The van der Waals surface area contributed by atoms with E-state index in [1.54, 1.807) is 0 Å². The maximum atomic E-state index is 5.56. The predicted molar refractivity (Wildman–Crippen MR) is 61.5 cm³/mol. The Balaban J connectivity index is 2.37. The van der Waals surface area contributed by atoms with Crippen LogP contribution in [0.2, 0.25) is 0 Å². The fraction of sp³-hybridized carbons (Fsp3) is 0.900. The molecular formula is C10H22N4O. The lowest BCUT2D eigenvalue weighted by Crippen LogP contribution is -2.45. The number of hydrazine groups is 1. The first kappa shape index (κ1) is 12.3. The number of guanidine groups is 1. The number of aliphatic imine (C=N–C) groups is 1. The minimum Gasteiger partial charge on any atom is -0.376 e. The molecule has 0 bridgehead atoms. The molecule has 1 heterocycles. The van der Waals surface area contributed by atoms with Gasteiger partial charge in [0.2, 0.25) is 5.96 Å². The van der Waals surface area contributed by atoms with Crippen molar-refractivity contribution in [1.82, 2.24) is 10.3 Å². The summed E-state index contributed by atoms with van der Waals surface area (Å²) in [4.78, 5) is 6.37. The van der Waals surface area contributed by atoms with Crippen molar-refractivity contribution in [2.45, 2.75) is 32.3 Å². The first-order chi connectivity index (χ1) is 7.27. The van der Waals surface area contributed by atoms with Crippen molar-refractivity contribution in [1.29, 1.82) is 0 Å². The molecule has 0 aliphatic carbocycles. The molecule has 15 heavy (non-hydrogen) atoms. The Morgan fingerprint density at radius 3 is 3.00 bits per heavy atom. The van der Waals surface area contributed by atoms with Crippen molar-refractivity contribution in [2.24, 2.45) is 10.8 Å². The summed E-state index contributed by atoms with van der Waals surface area (Å²) in [5.74, 6) is 6.17. The highest BCUT2D eigenvalue weighted by molar-refractivity contribution is 5.79. The van der Waals surface area contributed by atoms with Gasteiger partial charge in [0, 0.05) is 26.7 Å². The van der Waals surface area contributed by atoms with Gasteiger partial charge in [0.05, 0.1) is 6.10 Å². The van der Waals surface area contributed by atoms with Gasteiger partial charge >= 0.3 is 0 Å². The second-order valence-electron chi connectivity index (χ2n) is 3.87. The highest BCUT2D eigenvalue weighted by Crippen LogP contribution is 2.12. The second-order valence-corrected chi connectivity index (χ2v) is 3.87. The lowest BCUT2D eigenvalue weighted by molar-refractivity contribution is 0.0951. The lowest BCUT2D eigenvalue weighted by atomic mass is 10.2. The monoisotopic (exact) mass is 214 g/mol.